The first-order valence-electron chi connectivity index (χ1n) is 4.51. The van der Waals surface area contributed by atoms with E-state index >= 15 is 0 Å². The summed E-state index contributed by atoms with van der Waals surface area (Å²) in [5.41, 5.74) is 5.99. The van der Waals surface area contributed by atoms with Crippen molar-refractivity contribution in [3.63, 3.8) is 0 Å². The number of methoxy groups -OCH3 is 1. The van der Waals surface area contributed by atoms with Crippen molar-refractivity contribution in [3.05, 3.63) is 12.0 Å². The molecule has 0 aromatic carbocycles. The van der Waals surface area contributed by atoms with Crippen molar-refractivity contribution in [1.82, 2.24) is 9.55 Å². The summed E-state index contributed by atoms with van der Waals surface area (Å²) in [6, 6.07) is 0.214. The van der Waals surface area contributed by atoms with E-state index in [-0.39, 0.29) is 11.7 Å². The lowest BCUT2D eigenvalue weighted by Crippen LogP contribution is -2.12. The number of nitrogens with zero attached hydrogens (tertiary/aromatic N) is 2. The fourth-order valence-corrected chi connectivity index (χ4v) is 1.94. The monoisotopic (exact) mass is 229 g/mol. The van der Waals surface area contributed by atoms with Crippen molar-refractivity contribution in [1.29, 1.82) is 0 Å². The quantitative estimate of drug-likeness (QED) is 0.785. The van der Waals surface area contributed by atoms with Crippen LogP contribution in [-0.2, 0) is 4.74 Å². The van der Waals surface area contributed by atoms with E-state index in [9.17, 15) is 4.79 Å². The molecule has 0 bridgehead atoms. The van der Waals surface area contributed by atoms with Crippen LogP contribution in [0.25, 0.3) is 0 Å². The van der Waals surface area contributed by atoms with Crippen LogP contribution in [-0.4, -0.2) is 34.6 Å². The smallest absolute Gasteiger partial charge is 0.360 e. The Hall–Kier alpha value is -1.17. The van der Waals surface area contributed by atoms with Crippen LogP contribution in [0.1, 0.15) is 23.5 Å². The molecule has 1 rings (SSSR count). The molecule has 0 fully saturated rings. The van der Waals surface area contributed by atoms with E-state index in [2.05, 4.69) is 9.72 Å². The molecule has 0 saturated carbocycles. The van der Waals surface area contributed by atoms with Gasteiger partial charge in [-0.3, -0.25) is 0 Å². The highest BCUT2D eigenvalue weighted by molar-refractivity contribution is 7.98. The van der Waals surface area contributed by atoms with E-state index < -0.39 is 5.97 Å². The van der Waals surface area contributed by atoms with E-state index in [0.29, 0.717) is 5.82 Å². The third-order valence-corrected chi connectivity index (χ3v) is 2.91. The Kier molecular flexibility index (Phi) is 4.02. The summed E-state index contributed by atoms with van der Waals surface area (Å²) in [5, 5.41) is 0. The van der Waals surface area contributed by atoms with Gasteiger partial charge in [-0.2, -0.15) is 11.8 Å². The second-order valence-electron chi connectivity index (χ2n) is 3.18. The molecular formula is C9H15N3O2S. The average Bonchev–Trinajstić information content (AvgIpc) is 2.59. The van der Waals surface area contributed by atoms with E-state index in [4.69, 9.17) is 5.73 Å². The number of nitrogens with two attached hydrogens (primary N) is 1. The van der Waals surface area contributed by atoms with Gasteiger partial charge >= 0.3 is 5.97 Å². The number of hydrogen-bond acceptors (Lipinski definition) is 5. The first-order chi connectivity index (χ1) is 7.11. The second-order valence-corrected chi connectivity index (χ2v) is 4.09. The lowest BCUT2D eigenvalue weighted by atomic mass is 10.3. The standard InChI is InChI=1S/C9H15N3O2S/c1-6(4-15-3)12-5-11-7(8(12)10)9(13)14-2/h5-6H,4,10H2,1-3H3. The number of hydrogen-bond donors (Lipinski definition) is 1. The average molecular weight is 229 g/mol. The molecule has 0 radical (unpaired) electrons. The zero-order chi connectivity index (χ0) is 11.4. The van der Waals surface area contributed by atoms with Crippen LogP contribution in [0.5, 0.6) is 0 Å². The number of carbonyl (C=O) groups is 1. The highest BCUT2D eigenvalue weighted by Crippen LogP contribution is 2.19. The molecule has 0 aliphatic carbocycles. The Labute approximate surface area is 93.0 Å². The van der Waals surface area contributed by atoms with Crippen molar-refractivity contribution in [2.24, 2.45) is 0 Å². The van der Waals surface area contributed by atoms with Crippen molar-refractivity contribution >= 4 is 23.5 Å². The summed E-state index contributed by atoms with van der Waals surface area (Å²) in [4.78, 5) is 15.2. The van der Waals surface area contributed by atoms with Crippen LogP contribution in [0.15, 0.2) is 6.33 Å². The normalized spacial score (nSPS) is 12.5. The molecule has 1 atom stereocenters. The van der Waals surface area contributed by atoms with Gasteiger partial charge in [-0.25, -0.2) is 9.78 Å². The molecular weight excluding hydrogens is 214 g/mol. The number of ether oxygens (including phenoxy) is 1. The van der Waals surface area contributed by atoms with Crippen molar-refractivity contribution in [2.45, 2.75) is 13.0 Å². The molecule has 2 N–H and O–H groups in total. The van der Waals surface area contributed by atoms with Gasteiger partial charge < -0.3 is 15.0 Å². The zero-order valence-corrected chi connectivity index (χ0v) is 9.87. The lowest BCUT2D eigenvalue weighted by molar-refractivity contribution is 0.0596. The van der Waals surface area contributed by atoms with Crippen LogP contribution in [0.2, 0.25) is 0 Å². The SMILES string of the molecule is COC(=O)c1ncn(C(C)CSC)c1N. The van der Waals surface area contributed by atoms with E-state index in [1.54, 1.807) is 22.7 Å². The number of rotatable bonds is 4. The van der Waals surface area contributed by atoms with Gasteiger partial charge in [-0.05, 0) is 13.2 Å². The van der Waals surface area contributed by atoms with Crippen LogP contribution in [0.4, 0.5) is 5.82 Å². The molecule has 15 heavy (non-hydrogen) atoms. The number of esters is 1. The number of imidazole rings is 1. The maximum atomic E-state index is 11.2. The Morgan fingerprint density at radius 2 is 2.47 bits per heavy atom. The molecule has 1 aromatic heterocycles. The Balaban J connectivity index is 2.93. The summed E-state index contributed by atoms with van der Waals surface area (Å²) >= 11 is 1.72. The van der Waals surface area contributed by atoms with E-state index in [1.165, 1.54) is 7.11 Å². The molecule has 1 heterocycles. The van der Waals surface area contributed by atoms with Gasteiger partial charge in [0.15, 0.2) is 5.69 Å². The third kappa shape index (κ3) is 2.44. The zero-order valence-electron chi connectivity index (χ0n) is 9.06. The van der Waals surface area contributed by atoms with Gasteiger partial charge in [-0.1, -0.05) is 0 Å². The summed E-state index contributed by atoms with van der Waals surface area (Å²) in [5.74, 6) is 0.784. The molecule has 6 heteroatoms. The van der Waals surface area contributed by atoms with Gasteiger partial charge in [0, 0.05) is 11.8 Å². The number of anilines is 1. The maximum absolute atomic E-state index is 11.2. The molecule has 84 valence electrons. The van der Waals surface area contributed by atoms with E-state index in [1.807, 2.05) is 13.2 Å². The molecule has 5 nitrogen and oxygen atoms in total. The summed E-state index contributed by atoms with van der Waals surface area (Å²) in [6.07, 6.45) is 3.59. The van der Waals surface area contributed by atoms with Crippen molar-refractivity contribution in [2.75, 3.05) is 24.9 Å². The minimum absolute atomic E-state index is 0.186. The Morgan fingerprint density at radius 3 is 3.00 bits per heavy atom. The van der Waals surface area contributed by atoms with Gasteiger partial charge in [0.05, 0.1) is 13.4 Å². The Morgan fingerprint density at radius 1 is 1.80 bits per heavy atom. The van der Waals surface area contributed by atoms with Crippen LogP contribution >= 0.6 is 11.8 Å². The molecule has 1 unspecified atom stereocenters. The summed E-state index contributed by atoms with van der Waals surface area (Å²) in [6.45, 7) is 2.02. The van der Waals surface area contributed by atoms with Crippen LogP contribution < -0.4 is 5.73 Å². The van der Waals surface area contributed by atoms with E-state index in [0.717, 1.165) is 5.75 Å². The molecule has 1 aromatic rings. The van der Waals surface area contributed by atoms with Gasteiger partial charge in [-0.15, -0.1) is 0 Å². The molecule has 0 aliphatic rings. The number of carbonyl (C=O) groups excluding carboxylic acids is 1. The predicted molar refractivity (Wildman–Crippen MR) is 61.1 cm³/mol. The first-order valence-corrected chi connectivity index (χ1v) is 5.90. The fourth-order valence-electron chi connectivity index (χ4n) is 1.30. The molecule has 0 amide bonds. The number of thioether (sulfide) groups is 1. The van der Waals surface area contributed by atoms with Crippen molar-refractivity contribution < 1.29 is 9.53 Å². The molecule has 0 spiro atoms. The van der Waals surface area contributed by atoms with Crippen LogP contribution in [0, 0.1) is 0 Å². The third-order valence-electron chi connectivity index (χ3n) is 2.09. The minimum atomic E-state index is -0.498. The highest BCUT2D eigenvalue weighted by Gasteiger charge is 2.18. The minimum Gasteiger partial charge on any atom is -0.464 e. The van der Waals surface area contributed by atoms with Crippen LogP contribution in [0.3, 0.4) is 0 Å². The predicted octanol–water partition coefficient (Wildman–Crippen LogP) is 1.18. The van der Waals surface area contributed by atoms with Gasteiger partial charge in [0.1, 0.15) is 5.82 Å². The highest BCUT2D eigenvalue weighted by atomic mass is 32.2. The fraction of sp³-hybridized carbons (Fsp3) is 0.556. The van der Waals surface area contributed by atoms with Gasteiger partial charge in [0.25, 0.3) is 0 Å². The first kappa shape index (κ1) is 11.9. The number of nitrogen functional groups attached to an aromatic ring is 1. The molecule has 0 aliphatic heterocycles. The molecule has 0 saturated heterocycles. The second kappa shape index (κ2) is 5.06. The maximum Gasteiger partial charge on any atom is 0.360 e. The largest absolute Gasteiger partial charge is 0.464 e. The van der Waals surface area contributed by atoms with Crippen molar-refractivity contribution in [3.8, 4) is 0 Å². The lowest BCUT2D eigenvalue weighted by Gasteiger charge is -2.13. The number of aromatic nitrogens is 2. The topological polar surface area (TPSA) is 70.1 Å². The summed E-state index contributed by atoms with van der Waals surface area (Å²) < 4.78 is 6.35. The van der Waals surface area contributed by atoms with Gasteiger partial charge in [0.2, 0.25) is 0 Å². The Bertz CT molecular complexity index is 351. The summed E-state index contributed by atoms with van der Waals surface area (Å²) in [7, 11) is 1.31.